The Bertz CT molecular complexity index is 433. The molecule has 0 saturated heterocycles. The summed E-state index contributed by atoms with van der Waals surface area (Å²) in [5, 5.41) is 8.91. The molecule has 0 aliphatic heterocycles. The number of nitrogens with zero attached hydrogens (tertiary/aromatic N) is 1. The molecule has 0 fully saturated rings. The highest BCUT2D eigenvalue weighted by Crippen LogP contribution is 2.23. The summed E-state index contributed by atoms with van der Waals surface area (Å²) >= 11 is 0. The molecular formula is C14H22N2O3. The summed E-state index contributed by atoms with van der Waals surface area (Å²) in [5.74, 6) is 0.376. The van der Waals surface area contributed by atoms with E-state index in [2.05, 4.69) is 0 Å². The molecule has 1 aromatic carbocycles. The third-order valence-electron chi connectivity index (χ3n) is 2.90. The second-order valence-electron chi connectivity index (χ2n) is 4.63. The van der Waals surface area contributed by atoms with Gasteiger partial charge in [-0.05, 0) is 38.5 Å². The van der Waals surface area contributed by atoms with Crippen molar-refractivity contribution in [1.29, 1.82) is 0 Å². The Kier molecular flexibility index (Phi) is 5.63. The number of aliphatic hydroxyl groups excluding tert-OH is 1. The summed E-state index contributed by atoms with van der Waals surface area (Å²) < 4.78 is 5.20. The van der Waals surface area contributed by atoms with Gasteiger partial charge in [0.25, 0.3) is 5.91 Å². The van der Waals surface area contributed by atoms with E-state index in [-0.39, 0.29) is 18.6 Å². The molecule has 5 heteroatoms. The summed E-state index contributed by atoms with van der Waals surface area (Å²) in [6.45, 7) is 4.44. The lowest BCUT2D eigenvalue weighted by Crippen LogP contribution is -2.38. The number of rotatable bonds is 6. The van der Waals surface area contributed by atoms with Gasteiger partial charge in [0.15, 0.2) is 0 Å². The number of aliphatic hydroxyl groups is 1. The first-order valence-corrected chi connectivity index (χ1v) is 6.36. The van der Waals surface area contributed by atoms with Crippen LogP contribution in [0.2, 0.25) is 0 Å². The van der Waals surface area contributed by atoms with Gasteiger partial charge >= 0.3 is 0 Å². The van der Waals surface area contributed by atoms with Crippen LogP contribution >= 0.6 is 0 Å². The largest absolute Gasteiger partial charge is 0.496 e. The molecule has 0 saturated carbocycles. The first-order chi connectivity index (χ1) is 9.01. The van der Waals surface area contributed by atoms with Crippen molar-refractivity contribution in [2.45, 2.75) is 26.3 Å². The maximum atomic E-state index is 12.5. The number of nitrogens with two attached hydrogens (primary N) is 1. The van der Waals surface area contributed by atoms with E-state index >= 15 is 0 Å². The molecular weight excluding hydrogens is 244 g/mol. The number of benzene rings is 1. The molecule has 0 atom stereocenters. The van der Waals surface area contributed by atoms with Gasteiger partial charge in [-0.1, -0.05) is 0 Å². The topological polar surface area (TPSA) is 75.8 Å². The van der Waals surface area contributed by atoms with Crippen LogP contribution in [0.3, 0.4) is 0 Å². The molecule has 0 aliphatic rings. The number of ether oxygens (including phenoxy) is 1. The Morgan fingerprint density at radius 3 is 2.68 bits per heavy atom. The average molecular weight is 266 g/mol. The molecule has 0 aliphatic carbocycles. The number of hydrogen-bond acceptors (Lipinski definition) is 4. The number of anilines is 1. The number of carbonyl (C=O) groups is 1. The molecule has 0 radical (unpaired) electrons. The predicted molar refractivity (Wildman–Crippen MR) is 75.3 cm³/mol. The molecule has 1 aromatic rings. The lowest BCUT2D eigenvalue weighted by molar-refractivity contribution is 0.0690. The van der Waals surface area contributed by atoms with Gasteiger partial charge in [0, 0.05) is 24.9 Å². The van der Waals surface area contributed by atoms with E-state index in [9.17, 15) is 4.79 Å². The molecule has 0 heterocycles. The van der Waals surface area contributed by atoms with Crippen LogP contribution in [0.25, 0.3) is 0 Å². The molecule has 5 nitrogen and oxygen atoms in total. The van der Waals surface area contributed by atoms with E-state index in [1.165, 1.54) is 7.11 Å². The summed E-state index contributed by atoms with van der Waals surface area (Å²) in [6.07, 6.45) is 0.550. The molecule has 0 unspecified atom stereocenters. The molecule has 1 rings (SSSR count). The Morgan fingerprint density at radius 2 is 2.16 bits per heavy atom. The highest BCUT2D eigenvalue weighted by molar-refractivity contribution is 5.98. The minimum atomic E-state index is -0.132. The second kappa shape index (κ2) is 6.99. The lowest BCUT2D eigenvalue weighted by atomic mass is 10.1. The maximum Gasteiger partial charge on any atom is 0.257 e. The zero-order chi connectivity index (χ0) is 14.4. The Hall–Kier alpha value is -1.75. The highest BCUT2D eigenvalue weighted by Gasteiger charge is 2.21. The van der Waals surface area contributed by atoms with E-state index in [4.69, 9.17) is 15.6 Å². The van der Waals surface area contributed by atoms with E-state index in [1.54, 1.807) is 23.1 Å². The number of nitrogen functional groups attached to an aromatic ring is 1. The molecule has 1 amide bonds. The van der Waals surface area contributed by atoms with Crippen LogP contribution in [0.4, 0.5) is 5.69 Å². The van der Waals surface area contributed by atoms with Gasteiger partial charge in [0.1, 0.15) is 5.75 Å². The van der Waals surface area contributed by atoms with E-state index in [0.717, 1.165) is 0 Å². The van der Waals surface area contributed by atoms with Gasteiger partial charge in [-0.3, -0.25) is 4.79 Å². The van der Waals surface area contributed by atoms with Crippen molar-refractivity contribution in [2.24, 2.45) is 0 Å². The van der Waals surface area contributed by atoms with Crippen LogP contribution in [-0.4, -0.2) is 42.2 Å². The minimum Gasteiger partial charge on any atom is -0.496 e. The second-order valence-corrected chi connectivity index (χ2v) is 4.63. The van der Waals surface area contributed by atoms with Crippen molar-refractivity contribution in [1.82, 2.24) is 4.90 Å². The SMILES string of the molecule is COc1ccc(N)cc1C(=O)N(CCCO)C(C)C. The van der Waals surface area contributed by atoms with Crippen LogP contribution in [0.1, 0.15) is 30.6 Å². The average Bonchev–Trinajstić information content (AvgIpc) is 2.38. The Morgan fingerprint density at radius 1 is 1.47 bits per heavy atom. The fraction of sp³-hybridized carbons (Fsp3) is 0.500. The van der Waals surface area contributed by atoms with Crippen LogP contribution in [0, 0.1) is 0 Å². The van der Waals surface area contributed by atoms with Gasteiger partial charge in [-0.15, -0.1) is 0 Å². The maximum absolute atomic E-state index is 12.5. The number of methoxy groups -OCH3 is 1. The van der Waals surface area contributed by atoms with E-state index in [0.29, 0.717) is 30.0 Å². The van der Waals surface area contributed by atoms with Gasteiger partial charge in [-0.25, -0.2) is 0 Å². The monoisotopic (exact) mass is 266 g/mol. The quantitative estimate of drug-likeness (QED) is 0.765. The Labute approximate surface area is 114 Å². The van der Waals surface area contributed by atoms with Gasteiger partial charge in [0.2, 0.25) is 0 Å². The van der Waals surface area contributed by atoms with Crippen molar-refractivity contribution in [3.05, 3.63) is 23.8 Å². The fourth-order valence-corrected chi connectivity index (χ4v) is 1.88. The molecule has 0 spiro atoms. The zero-order valence-electron chi connectivity index (χ0n) is 11.7. The van der Waals surface area contributed by atoms with Crippen molar-refractivity contribution in [2.75, 3.05) is 26.0 Å². The highest BCUT2D eigenvalue weighted by atomic mass is 16.5. The minimum absolute atomic E-state index is 0.0465. The summed E-state index contributed by atoms with van der Waals surface area (Å²) in [6, 6.07) is 5.05. The summed E-state index contributed by atoms with van der Waals surface area (Å²) in [5.41, 5.74) is 6.71. The van der Waals surface area contributed by atoms with Gasteiger partial charge in [0.05, 0.1) is 12.7 Å². The first-order valence-electron chi connectivity index (χ1n) is 6.36. The summed E-state index contributed by atoms with van der Waals surface area (Å²) in [7, 11) is 1.52. The van der Waals surface area contributed by atoms with Crippen molar-refractivity contribution >= 4 is 11.6 Å². The number of hydrogen-bond donors (Lipinski definition) is 2. The molecule has 19 heavy (non-hydrogen) atoms. The fourth-order valence-electron chi connectivity index (χ4n) is 1.88. The molecule has 0 bridgehead atoms. The van der Waals surface area contributed by atoms with Gasteiger partial charge < -0.3 is 20.5 Å². The molecule has 106 valence electrons. The Balaban J connectivity index is 3.04. The van der Waals surface area contributed by atoms with Crippen molar-refractivity contribution < 1.29 is 14.6 Å². The normalized spacial score (nSPS) is 10.6. The first kappa shape index (κ1) is 15.3. The van der Waals surface area contributed by atoms with Crippen LogP contribution in [0.15, 0.2) is 18.2 Å². The smallest absolute Gasteiger partial charge is 0.257 e. The number of carbonyl (C=O) groups excluding carboxylic acids is 1. The van der Waals surface area contributed by atoms with Crippen LogP contribution < -0.4 is 10.5 Å². The standard InChI is InChI=1S/C14H22N2O3/c1-10(2)16(7-4-8-17)14(18)12-9-11(15)5-6-13(12)19-3/h5-6,9-10,17H,4,7-8,15H2,1-3H3. The van der Waals surface area contributed by atoms with E-state index < -0.39 is 0 Å². The molecule has 0 aromatic heterocycles. The lowest BCUT2D eigenvalue weighted by Gasteiger charge is -2.27. The summed E-state index contributed by atoms with van der Waals surface area (Å²) in [4.78, 5) is 14.2. The van der Waals surface area contributed by atoms with Crippen molar-refractivity contribution in [3.8, 4) is 5.75 Å². The van der Waals surface area contributed by atoms with Crippen LogP contribution in [-0.2, 0) is 0 Å². The zero-order valence-corrected chi connectivity index (χ0v) is 11.7. The predicted octanol–water partition coefficient (Wildman–Crippen LogP) is 1.51. The number of amides is 1. The molecule has 3 N–H and O–H groups in total. The van der Waals surface area contributed by atoms with E-state index in [1.807, 2.05) is 13.8 Å². The van der Waals surface area contributed by atoms with Gasteiger partial charge in [-0.2, -0.15) is 0 Å². The third-order valence-corrected chi connectivity index (χ3v) is 2.90. The van der Waals surface area contributed by atoms with Crippen molar-refractivity contribution in [3.63, 3.8) is 0 Å². The third kappa shape index (κ3) is 3.86. The van der Waals surface area contributed by atoms with Crippen LogP contribution in [0.5, 0.6) is 5.75 Å².